The highest BCUT2D eigenvalue weighted by molar-refractivity contribution is 4.81. The second kappa shape index (κ2) is 8.12. The summed E-state index contributed by atoms with van der Waals surface area (Å²) in [6.45, 7) is 4.16. The molecule has 1 fully saturated rings. The van der Waals surface area contributed by atoms with Crippen LogP contribution in [0.3, 0.4) is 0 Å². The lowest BCUT2D eigenvalue weighted by Crippen LogP contribution is -2.29. The van der Waals surface area contributed by atoms with Crippen LogP contribution in [0.25, 0.3) is 0 Å². The minimum Gasteiger partial charge on any atom is -0.381 e. The molecule has 0 radical (unpaired) electrons. The van der Waals surface area contributed by atoms with Gasteiger partial charge in [0.15, 0.2) is 0 Å². The quantitative estimate of drug-likeness (QED) is 0.626. The van der Waals surface area contributed by atoms with Crippen LogP contribution >= 0.6 is 0 Å². The van der Waals surface area contributed by atoms with Crippen LogP contribution in [0, 0.1) is 5.92 Å². The minimum absolute atomic E-state index is 0.754. The van der Waals surface area contributed by atoms with E-state index in [-0.39, 0.29) is 0 Å². The van der Waals surface area contributed by atoms with Crippen molar-refractivity contribution in [2.24, 2.45) is 5.92 Å². The van der Waals surface area contributed by atoms with Crippen molar-refractivity contribution in [2.45, 2.75) is 57.9 Å². The highest BCUT2D eigenvalue weighted by Gasteiger charge is 2.24. The van der Waals surface area contributed by atoms with Crippen molar-refractivity contribution < 1.29 is 4.74 Å². The lowest BCUT2D eigenvalue weighted by atomic mass is 10.0. The first kappa shape index (κ1) is 13.0. The Morgan fingerprint density at radius 3 is 2.80 bits per heavy atom. The van der Waals surface area contributed by atoms with Crippen LogP contribution in [-0.4, -0.2) is 26.3 Å². The number of hydrogen-bond donors (Lipinski definition) is 1. The molecule has 1 aliphatic carbocycles. The number of nitrogens with one attached hydrogen (secondary N) is 1. The molecule has 1 aliphatic rings. The fourth-order valence-electron chi connectivity index (χ4n) is 2.55. The maximum Gasteiger partial charge on any atom is 0.0469 e. The summed E-state index contributed by atoms with van der Waals surface area (Å²) in [6.07, 6.45) is 9.22. The molecule has 0 aliphatic heterocycles. The molecule has 1 rings (SSSR count). The first-order valence-electron chi connectivity index (χ1n) is 6.63. The molecule has 2 nitrogen and oxygen atoms in total. The van der Waals surface area contributed by atoms with Gasteiger partial charge in [0.2, 0.25) is 0 Å². The Kier molecular flexibility index (Phi) is 7.03. The summed E-state index contributed by atoms with van der Waals surface area (Å²) < 4.78 is 5.66. The predicted molar refractivity (Wildman–Crippen MR) is 65.1 cm³/mol. The van der Waals surface area contributed by atoms with E-state index in [9.17, 15) is 0 Å². The van der Waals surface area contributed by atoms with Gasteiger partial charge in [-0.1, -0.05) is 26.2 Å². The standard InChI is InChI=1S/C13H27NO/c1-3-4-5-10-15-11-9-12-7-6-8-13(12)14-2/h12-14H,3-11H2,1-2H3. The summed E-state index contributed by atoms with van der Waals surface area (Å²) in [5, 5.41) is 3.42. The normalized spacial score (nSPS) is 26.0. The molecule has 0 spiro atoms. The molecule has 0 aromatic heterocycles. The van der Waals surface area contributed by atoms with E-state index in [1.165, 1.54) is 44.9 Å². The predicted octanol–water partition coefficient (Wildman–Crippen LogP) is 2.97. The van der Waals surface area contributed by atoms with Crippen molar-refractivity contribution >= 4 is 0 Å². The molecule has 0 bridgehead atoms. The van der Waals surface area contributed by atoms with Crippen LogP contribution in [0.15, 0.2) is 0 Å². The van der Waals surface area contributed by atoms with Gasteiger partial charge in [-0.2, -0.15) is 0 Å². The van der Waals surface area contributed by atoms with Gasteiger partial charge in [0.25, 0.3) is 0 Å². The number of hydrogen-bond acceptors (Lipinski definition) is 2. The minimum atomic E-state index is 0.754. The molecule has 2 unspecified atom stereocenters. The van der Waals surface area contributed by atoms with Gasteiger partial charge in [-0.3, -0.25) is 0 Å². The summed E-state index contributed by atoms with van der Waals surface area (Å²) in [6, 6.07) is 0.754. The maximum absolute atomic E-state index is 5.66. The molecular weight excluding hydrogens is 186 g/mol. The molecule has 15 heavy (non-hydrogen) atoms. The smallest absolute Gasteiger partial charge is 0.0469 e. The van der Waals surface area contributed by atoms with Crippen LogP contribution < -0.4 is 5.32 Å². The van der Waals surface area contributed by atoms with Crippen LogP contribution in [-0.2, 0) is 4.74 Å². The maximum atomic E-state index is 5.66. The van der Waals surface area contributed by atoms with Crippen LogP contribution in [0.4, 0.5) is 0 Å². The van der Waals surface area contributed by atoms with Gasteiger partial charge in [-0.15, -0.1) is 0 Å². The monoisotopic (exact) mass is 213 g/mol. The van der Waals surface area contributed by atoms with Crippen molar-refractivity contribution in [3.63, 3.8) is 0 Å². The van der Waals surface area contributed by atoms with Gasteiger partial charge in [-0.05, 0) is 38.6 Å². The van der Waals surface area contributed by atoms with Crippen molar-refractivity contribution in [3.8, 4) is 0 Å². The van der Waals surface area contributed by atoms with Crippen LogP contribution in [0.2, 0.25) is 0 Å². The lowest BCUT2D eigenvalue weighted by Gasteiger charge is -2.18. The van der Waals surface area contributed by atoms with E-state index < -0.39 is 0 Å². The number of ether oxygens (including phenoxy) is 1. The first-order valence-corrected chi connectivity index (χ1v) is 6.63. The van der Waals surface area contributed by atoms with Crippen LogP contribution in [0.5, 0.6) is 0 Å². The fourth-order valence-corrected chi connectivity index (χ4v) is 2.55. The second-order valence-corrected chi connectivity index (χ2v) is 4.69. The average molecular weight is 213 g/mol. The Hall–Kier alpha value is -0.0800. The Morgan fingerprint density at radius 2 is 2.07 bits per heavy atom. The van der Waals surface area contributed by atoms with E-state index in [2.05, 4.69) is 19.3 Å². The third-order valence-electron chi connectivity index (χ3n) is 3.56. The molecule has 0 heterocycles. The first-order chi connectivity index (χ1) is 7.38. The van der Waals surface area contributed by atoms with Crippen LogP contribution in [0.1, 0.15) is 51.9 Å². The molecule has 1 N–H and O–H groups in total. The molecule has 90 valence electrons. The summed E-state index contributed by atoms with van der Waals surface area (Å²) in [5.74, 6) is 0.862. The SMILES string of the molecule is CCCCCOCCC1CCCC1NC. The summed E-state index contributed by atoms with van der Waals surface area (Å²) in [4.78, 5) is 0. The molecule has 0 saturated heterocycles. The molecule has 0 aromatic rings. The third kappa shape index (κ3) is 4.98. The zero-order valence-corrected chi connectivity index (χ0v) is 10.4. The molecule has 0 amide bonds. The zero-order valence-electron chi connectivity index (χ0n) is 10.4. The van der Waals surface area contributed by atoms with Gasteiger partial charge in [0, 0.05) is 19.3 Å². The Labute approximate surface area is 94.8 Å². The van der Waals surface area contributed by atoms with Gasteiger partial charge < -0.3 is 10.1 Å². The molecule has 2 heteroatoms. The van der Waals surface area contributed by atoms with E-state index in [0.29, 0.717) is 0 Å². The Balaban J connectivity index is 1.95. The third-order valence-corrected chi connectivity index (χ3v) is 3.56. The van der Waals surface area contributed by atoms with E-state index in [1.807, 2.05) is 0 Å². The average Bonchev–Trinajstić information content (AvgIpc) is 2.70. The zero-order chi connectivity index (χ0) is 10.9. The van der Waals surface area contributed by atoms with Gasteiger partial charge in [0.1, 0.15) is 0 Å². The van der Waals surface area contributed by atoms with E-state index >= 15 is 0 Å². The molecule has 2 atom stereocenters. The highest BCUT2D eigenvalue weighted by Crippen LogP contribution is 2.27. The van der Waals surface area contributed by atoms with Gasteiger partial charge in [0.05, 0.1) is 0 Å². The number of rotatable bonds is 8. The Morgan fingerprint density at radius 1 is 1.20 bits per heavy atom. The van der Waals surface area contributed by atoms with E-state index in [1.54, 1.807) is 0 Å². The van der Waals surface area contributed by atoms with E-state index in [0.717, 1.165) is 25.2 Å². The van der Waals surface area contributed by atoms with Crippen molar-refractivity contribution in [1.29, 1.82) is 0 Å². The molecule has 1 saturated carbocycles. The number of unbranched alkanes of at least 4 members (excludes halogenated alkanes) is 2. The largest absolute Gasteiger partial charge is 0.381 e. The molecular formula is C13H27NO. The Bertz CT molecular complexity index is 149. The second-order valence-electron chi connectivity index (χ2n) is 4.69. The topological polar surface area (TPSA) is 21.3 Å². The van der Waals surface area contributed by atoms with Crippen molar-refractivity contribution in [2.75, 3.05) is 20.3 Å². The van der Waals surface area contributed by atoms with Crippen molar-refractivity contribution in [3.05, 3.63) is 0 Å². The van der Waals surface area contributed by atoms with E-state index in [4.69, 9.17) is 4.74 Å². The lowest BCUT2D eigenvalue weighted by molar-refractivity contribution is 0.114. The molecule has 0 aromatic carbocycles. The summed E-state index contributed by atoms with van der Waals surface area (Å²) in [7, 11) is 2.09. The van der Waals surface area contributed by atoms with Crippen molar-refractivity contribution in [1.82, 2.24) is 5.32 Å². The highest BCUT2D eigenvalue weighted by atomic mass is 16.5. The fraction of sp³-hybridized carbons (Fsp3) is 1.00. The summed E-state index contributed by atoms with van der Waals surface area (Å²) in [5.41, 5.74) is 0. The summed E-state index contributed by atoms with van der Waals surface area (Å²) >= 11 is 0. The van der Waals surface area contributed by atoms with Gasteiger partial charge >= 0.3 is 0 Å². The van der Waals surface area contributed by atoms with Gasteiger partial charge in [-0.25, -0.2) is 0 Å².